The molecular weight excluding hydrogens is 397 g/mol. The molecule has 29 heavy (non-hydrogen) atoms. The minimum Gasteiger partial charge on any atom is -0.334 e. The second-order valence-corrected chi connectivity index (χ2v) is 7.06. The Balaban J connectivity index is 1.41. The third kappa shape index (κ3) is 3.33. The van der Waals surface area contributed by atoms with Crippen molar-refractivity contribution < 1.29 is 8.91 Å². The highest BCUT2D eigenvalue weighted by Gasteiger charge is 2.25. The summed E-state index contributed by atoms with van der Waals surface area (Å²) in [6.45, 7) is 1.98. The number of fused-ring (bicyclic) bond motifs is 1. The van der Waals surface area contributed by atoms with E-state index in [0.29, 0.717) is 17.4 Å². The second-order valence-electron chi connectivity index (χ2n) is 6.63. The molecule has 1 aliphatic heterocycles. The topological polar surface area (TPSA) is 85.8 Å². The Hall–Kier alpha value is -3.33. The molecule has 0 atom stereocenters. The average molecular weight is 412 g/mol. The highest BCUT2D eigenvalue weighted by atomic mass is 35.5. The van der Waals surface area contributed by atoms with Crippen molar-refractivity contribution in [2.24, 2.45) is 0 Å². The van der Waals surface area contributed by atoms with Crippen molar-refractivity contribution in [2.45, 2.75) is 19.5 Å². The average Bonchev–Trinajstić information content (AvgIpc) is 3.38. The molecule has 10 heteroatoms. The van der Waals surface area contributed by atoms with Gasteiger partial charge in [0.05, 0.1) is 12.1 Å². The fourth-order valence-corrected chi connectivity index (χ4v) is 3.55. The molecule has 0 radical (unpaired) electrons. The number of anilines is 1. The van der Waals surface area contributed by atoms with E-state index in [1.807, 2.05) is 17.0 Å². The lowest BCUT2D eigenvalue weighted by atomic mass is 10.2. The third-order valence-corrected chi connectivity index (χ3v) is 4.96. The first-order chi connectivity index (χ1) is 14.2. The van der Waals surface area contributed by atoms with Crippen LogP contribution < -0.4 is 4.90 Å². The van der Waals surface area contributed by atoms with Gasteiger partial charge in [0.2, 0.25) is 5.95 Å². The Bertz CT molecular complexity index is 1160. The molecule has 0 spiro atoms. The summed E-state index contributed by atoms with van der Waals surface area (Å²) in [6.07, 6.45) is 4.39. The quantitative estimate of drug-likeness (QED) is 0.507. The van der Waals surface area contributed by atoms with E-state index >= 15 is 0 Å². The Labute approximate surface area is 170 Å². The summed E-state index contributed by atoms with van der Waals surface area (Å²) in [5.41, 5.74) is 1.14. The smallest absolute Gasteiger partial charge is 0.261 e. The third-order valence-electron chi connectivity index (χ3n) is 4.72. The van der Waals surface area contributed by atoms with Crippen molar-refractivity contribution >= 4 is 17.5 Å². The van der Waals surface area contributed by atoms with Crippen LogP contribution in [0.5, 0.6) is 0 Å². The van der Waals surface area contributed by atoms with Crippen molar-refractivity contribution in [1.82, 2.24) is 29.9 Å². The molecule has 1 aromatic carbocycles. The summed E-state index contributed by atoms with van der Waals surface area (Å²) < 4.78 is 21.4. The number of halogens is 2. The van der Waals surface area contributed by atoms with Crippen molar-refractivity contribution in [3.63, 3.8) is 0 Å². The normalized spacial score (nSPS) is 13.5. The van der Waals surface area contributed by atoms with Gasteiger partial charge in [-0.15, -0.1) is 10.2 Å². The van der Waals surface area contributed by atoms with Gasteiger partial charge in [0.15, 0.2) is 11.6 Å². The van der Waals surface area contributed by atoms with E-state index in [1.54, 1.807) is 12.4 Å². The minimum atomic E-state index is -0.468. The van der Waals surface area contributed by atoms with Crippen LogP contribution >= 0.6 is 11.6 Å². The molecule has 0 aliphatic carbocycles. The predicted molar refractivity (Wildman–Crippen MR) is 104 cm³/mol. The van der Waals surface area contributed by atoms with E-state index in [4.69, 9.17) is 16.1 Å². The number of hydrogen-bond acceptors (Lipinski definition) is 7. The van der Waals surface area contributed by atoms with Gasteiger partial charge in [-0.25, -0.2) is 4.39 Å². The predicted octanol–water partition coefficient (Wildman–Crippen LogP) is 3.59. The van der Waals surface area contributed by atoms with E-state index in [2.05, 4.69) is 29.9 Å². The maximum Gasteiger partial charge on any atom is 0.261 e. The maximum absolute atomic E-state index is 14.1. The Morgan fingerprint density at radius 3 is 2.83 bits per heavy atom. The first-order valence-electron chi connectivity index (χ1n) is 9.05. The molecule has 0 unspecified atom stereocenters. The minimum absolute atomic E-state index is 0.0935. The van der Waals surface area contributed by atoms with Crippen LogP contribution in [0.4, 0.5) is 10.3 Å². The number of benzene rings is 1. The highest BCUT2D eigenvalue weighted by Crippen LogP contribution is 2.28. The van der Waals surface area contributed by atoms with Crippen molar-refractivity contribution in [2.75, 3.05) is 11.4 Å². The molecule has 146 valence electrons. The number of nitrogens with zero attached hydrogens (tertiary/aromatic N) is 7. The summed E-state index contributed by atoms with van der Waals surface area (Å²) >= 11 is 5.95. The number of rotatable bonds is 4. The van der Waals surface area contributed by atoms with Crippen molar-refractivity contribution in [1.29, 1.82) is 0 Å². The highest BCUT2D eigenvalue weighted by molar-refractivity contribution is 6.30. The zero-order valence-corrected chi connectivity index (χ0v) is 15.9. The van der Waals surface area contributed by atoms with E-state index in [1.165, 1.54) is 18.2 Å². The van der Waals surface area contributed by atoms with Crippen LogP contribution in [0.3, 0.4) is 0 Å². The zero-order valence-electron chi connectivity index (χ0n) is 15.2. The first-order valence-corrected chi connectivity index (χ1v) is 9.43. The largest absolute Gasteiger partial charge is 0.334 e. The van der Waals surface area contributed by atoms with E-state index in [-0.39, 0.29) is 11.5 Å². The molecule has 0 saturated heterocycles. The molecule has 0 saturated carbocycles. The Morgan fingerprint density at radius 2 is 1.97 bits per heavy atom. The molecule has 8 nitrogen and oxygen atoms in total. The molecule has 3 aromatic heterocycles. The van der Waals surface area contributed by atoms with E-state index < -0.39 is 5.82 Å². The summed E-state index contributed by atoms with van der Waals surface area (Å²) in [4.78, 5) is 10.4. The second kappa shape index (κ2) is 7.25. The summed E-state index contributed by atoms with van der Waals surface area (Å²) in [5, 5.41) is 13.1. The fraction of sp³-hybridized carbons (Fsp3) is 0.211. The number of pyridine rings is 1. The van der Waals surface area contributed by atoms with Gasteiger partial charge < -0.3 is 9.42 Å². The summed E-state index contributed by atoms with van der Waals surface area (Å²) in [6, 6.07) is 8.02. The summed E-state index contributed by atoms with van der Waals surface area (Å²) in [5.74, 6) is 1.59. The standard InChI is InChI=1S/C19H15ClFN7O/c20-13-2-3-15(21)14(10-13)18-23-16(26-29-18)11-27-8-1-9-28-17(24-25-19(27)28)12-4-6-22-7-5-12/h2-7,10H,1,8-9,11H2. The molecule has 4 heterocycles. The van der Waals surface area contributed by atoms with Gasteiger partial charge in [-0.3, -0.25) is 9.55 Å². The van der Waals surface area contributed by atoms with Crippen LogP contribution in [-0.2, 0) is 13.1 Å². The van der Waals surface area contributed by atoms with Crippen molar-refractivity contribution in [3.8, 4) is 22.8 Å². The van der Waals surface area contributed by atoms with Crippen LogP contribution in [0.2, 0.25) is 5.02 Å². The monoisotopic (exact) mass is 411 g/mol. The summed E-state index contributed by atoms with van der Waals surface area (Å²) in [7, 11) is 0. The number of aromatic nitrogens is 6. The lowest BCUT2D eigenvalue weighted by molar-refractivity contribution is 0.418. The van der Waals surface area contributed by atoms with Crippen LogP contribution in [0, 0.1) is 5.82 Å². The number of hydrogen-bond donors (Lipinski definition) is 0. The lowest BCUT2D eigenvalue weighted by Crippen LogP contribution is -2.32. The van der Waals surface area contributed by atoms with E-state index in [9.17, 15) is 4.39 Å². The van der Waals surface area contributed by atoms with Gasteiger partial charge in [-0.1, -0.05) is 16.8 Å². The van der Waals surface area contributed by atoms with Crippen LogP contribution in [-0.4, -0.2) is 36.4 Å². The molecular formula is C19H15ClFN7O. The molecule has 0 amide bonds. The Morgan fingerprint density at radius 1 is 1.10 bits per heavy atom. The van der Waals surface area contributed by atoms with Crippen LogP contribution in [0.25, 0.3) is 22.8 Å². The van der Waals surface area contributed by atoms with Gasteiger partial charge in [-0.2, -0.15) is 4.98 Å². The first kappa shape index (κ1) is 17.7. The SMILES string of the molecule is Fc1ccc(Cl)cc1-c1nc(CN2CCCn3c(-c4ccncc4)nnc32)no1. The van der Waals surface area contributed by atoms with Crippen LogP contribution in [0.1, 0.15) is 12.2 Å². The molecule has 0 bridgehead atoms. The van der Waals surface area contributed by atoms with Gasteiger partial charge in [0.25, 0.3) is 5.89 Å². The molecule has 0 fully saturated rings. The van der Waals surface area contributed by atoms with Gasteiger partial charge in [-0.05, 0) is 36.8 Å². The maximum atomic E-state index is 14.1. The molecule has 1 aliphatic rings. The lowest BCUT2D eigenvalue weighted by Gasteiger charge is -2.27. The van der Waals surface area contributed by atoms with E-state index in [0.717, 1.165) is 36.8 Å². The van der Waals surface area contributed by atoms with Gasteiger partial charge in [0, 0.05) is 36.1 Å². The zero-order chi connectivity index (χ0) is 19.8. The van der Waals surface area contributed by atoms with Crippen molar-refractivity contribution in [3.05, 3.63) is 59.4 Å². The fourth-order valence-electron chi connectivity index (χ4n) is 3.38. The van der Waals surface area contributed by atoms with Gasteiger partial charge >= 0.3 is 0 Å². The van der Waals surface area contributed by atoms with Gasteiger partial charge in [0.1, 0.15) is 5.82 Å². The molecule has 0 N–H and O–H groups in total. The molecule has 4 aromatic rings. The Kier molecular flexibility index (Phi) is 4.44. The van der Waals surface area contributed by atoms with Crippen LogP contribution in [0.15, 0.2) is 47.2 Å². The molecule has 5 rings (SSSR count).